The molecule has 0 saturated carbocycles. The van der Waals surface area contributed by atoms with Crippen molar-refractivity contribution >= 4 is 27.4 Å². The van der Waals surface area contributed by atoms with Crippen LogP contribution in [-0.2, 0) is 16.6 Å². The summed E-state index contributed by atoms with van der Waals surface area (Å²) in [6.07, 6.45) is 2.39. The third kappa shape index (κ3) is 4.78. The van der Waals surface area contributed by atoms with Crippen LogP contribution in [0.5, 0.6) is 0 Å². The van der Waals surface area contributed by atoms with Gasteiger partial charge in [0.15, 0.2) is 0 Å². The minimum Gasteiger partial charge on any atom is -0.371 e. The highest BCUT2D eigenvalue weighted by Gasteiger charge is 2.18. The number of sulfonamides is 1. The largest absolute Gasteiger partial charge is 0.371 e. The highest BCUT2D eigenvalue weighted by Crippen LogP contribution is 2.25. The molecule has 0 unspecified atom stereocenters. The number of carbonyl (C=O) groups is 1. The molecule has 1 saturated heterocycles. The van der Waals surface area contributed by atoms with Crippen molar-refractivity contribution in [3.05, 3.63) is 54.1 Å². The van der Waals surface area contributed by atoms with E-state index in [0.29, 0.717) is 12.2 Å². The lowest BCUT2D eigenvalue weighted by Crippen LogP contribution is -2.31. The second-order valence-corrected chi connectivity index (χ2v) is 8.24. The summed E-state index contributed by atoms with van der Waals surface area (Å²) < 4.78 is 22.6. The van der Waals surface area contributed by atoms with Crippen molar-refractivity contribution in [3.63, 3.8) is 0 Å². The second kappa shape index (κ2) is 7.98. The Bertz CT molecular complexity index is 907. The van der Waals surface area contributed by atoms with Gasteiger partial charge in [0.25, 0.3) is 0 Å². The molecule has 1 fully saturated rings. The molecule has 27 heavy (non-hydrogen) atoms. The molecule has 0 spiro atoms. The van der Waals surface area contributed by atoms with Gasteiger partial charge in [-0.1, -0.05) is 18.2 Å². The molecule has 3 N–H and O–H groups in total. The van der Waals surface area contributed by atoms with Crippen LogP contribution in [0.4, 0.5) is 16.2 Å². The number of nitrogens with zero attached hydrogens (tertiary/aromatic N) is 2. The summed E-state index contributed by atoms with van der Waals surface area (Å²) in [5, 5.41) is 7.85. The number of nitrogens with one attached hydrogen (secondary N) is 1. The zero-order valence-electron chi connectivity index (χ0n) is 15.3. The number of carbonyl (C=O) groups excluding carboxylic acids is 1. The van der Waals surface area contributed by atoms with Crippen molar-refractivity contribution in [1.29, 1.82) is 0 Å². The molecule has 2 amide bonds. The number of anilines is 2. The second-order valence-electron chi connectivity index (χ2n) is 6.68. The lowest BCUT2D eigenvalue weighted by Gasteiger charge is -2.24. The lowest BCUT2D eigenvalue weighted by molar-refractivity contribution is 0.220. The molecule has 0 aromatic heterocycles. The zero-order chi connectivity index (χ0) is 19.4. The molecule has 0 atom stereocenters. The molecular formula is C19H24N4O3S. The maximum atomic E-state index is 12.5. The topological polar surface area (TPSA) is 95.7 Å². The van der Waals surface area contributed by atoms with E-state index in [2.05, 4.69) is 16.3 Å². The Morgan fingerprint density at radius 3 is 2.37 bits per heavy atom. The lowest BCUT2D eigenvalue weighted by atomic mass is 10.1. The Morgan fingerprint density at radius 1 is 1.11 bits per heavy atom. The maximum Gasteiger partial charge on any atom is 0.321 e. The molecule has 8 heteroatoms. The zero-order valence-corrected chi connectivity index (χ0v) is 16.1. The Kier molecular flexibility index (Phi) is 5.67. The number of urea groups is 1. The van der Waals surface area contributed by atoms with Gasteiger partial charge < -0.3 is 15.1 Å². The van der Waals surface area contributed by atoms with Gasteiger partial charge in [0.2, 0.25) is 10.0 Å². The first-order chi connectivity index (χ1) is 12.8. The predicted octanol–water partition coefficient (Wildman–Crippen LogP) is 2.60. The van der Waals surface area contributed by atoms with E-state index in [0.717, 1.165) is 18.7 Å². The summed E-state index contributed by atoms with van der Waals surface area (Å²) in [7, 11) is -2.01. The van der Waals surface area contributed by atoms with Crippen molar-refractivity contribution in [1.82, 2.24) is 4.90 Å². The number of primary sulfonamides is 1. The van der Waals surface area contributed by atoms with Crippen molar-refractivity contribution < 1.29 is 13.2 Å². The van der Waals surface area contributed by atoms with Crippen molar-refractivity contribution in [2.75, 3.05) is 30.4 Å². The van der Waals surface area contributed by atoms with Gasteiger partial charge in [-0.3, -0.25) is 0 Å². The molecule has 144 valence electrons. The quantitative estimate of drug-likeness (QED) is 0.823. The molecule has 1 heterocycles. The van der Waals surface area contributed by atoms with Crippen LogP contribution in [-0.4, -0.2) is 39.5 Å². The summed E-state index contributed by atoms with van der Waals surface area (Å²) in [6.45, 7) is 2.57. The Hall–Kier alpha value is -2.58. The number of hydrogen-bond donors (Lipinski definition) is 2. The fourth-order valence-electron chi connectivity index (χ4n) is 3.19. The molecule has 3 rings (SSSR count). The van der Waals surface area contributed by atoms with Crippen molar-refractivity contribution in [2.45, 2.75) is 24.3 Å². The molecule has 0 bridgehead atoms. The maximum absolute atomic E-state index is 12.5. The monoisotopic (exact) mass is 388 g/mol. The van der Waals surface area contributed by atoms with Crippen molar-refractivity contribution in [3.8, 4) is 0 Å². The molecule has 2 aromatic rings. The molecule has 0 radical (unpaired) electrons. The Balaban J connectivity index is 1.66. The van der Waals surface area contributed by atoms with Crippen LogP contribution in [0.15, 0.2) is 53.4 Å². The van der Waals surface area contributed by atoms with Gasteiger partial charge in [-0.05, 0) is 48.7 Å². The molecular weight excluding hydrogens is 364 g/mol. The number of nitrogens with two attached hydrogens (primary N) is 1. The van der Waals surface area contributed by atoms with Crippen molar-refractivity contribution in [2.24, 2.45) is 5.14 Å². The van der Waals surface area contributed by atoms with Crippen LogP contribution in [0.25, 0.3) is 0 Å². The van der Waals surface area contributed by atoms with Crippen LogP contribution in [0.2, 0.25) is 0 Å². The highest BCUT2D eigenvalue weighted by molar-refractivity contribution is 7.89. The molecule has 7 nitrogen and oxygen atoms in total. The van der Waals surface area contributed by atoms with Gasteiger partial charge in [0.1, 0.15) is 0 Å². The van der Waals surface area contributed by atoms with Gasteiger partial charge in [-0.15, -0.1) is 0 Å². The summed E-state index contributed by atoms with van der Waals surface area (Å²) in [4.78, 5) is 16.5. The van der Waals surface area contributed by atoms with Crippen LogP contribution in [0.3, 0.4) is 0 Å². The third-order valence-electron chi connectivity index (χ3n) is 4.63. The van der Waals surface area contributed by atoms with E-state index in [1.807, 2.05) is 18.2 Å². The molecule has 1 aliphatic heterocycles. The van der Waals surface area contributed by atoms with Gasteiger partial charge in [0, 0.05) is 38.1 Å². The number of rotatable bonds is 5. The fourth-order valence-corrected chi connectivity index (χ4v) is 3.70. The summed E-state index contributed by atoms with van der Waals surface area (Å²) >= 11 is 0. The molecule has 2 aromatic carbocycles. The van der Waals surface area contributed by atoms with Crippen LogP contribution in [0, 0.1) is 0 Å². The fraction of sp³-hybridized carbons (Fsp3) is 0.316. The van der Waals surface area contributed by atoms with Gasteiger partial charge >= 0.3 is 6.03 Å². The minimum absolute atomic E-state index is 0.00777. The summed E-state index contributed by atoms with van der Waals surface area (Å²) in [6, 6.07) is 13.6. The molecule has 1 aliphatic rings. The van der Waals surface area contributed by atoms with Crippen LogP contribution >= 0.6 is 0 Å². The predicted molar refractivity (Wildman–Crippen MR) is 106 cm³/mol. The summed E-state index contributed by atoms with van der Waals surface area (Å²) in [5.41, 5.74) is 2.78. The number of amides is 2. The van der Waals surface area contributed by atoms with E-state index < -0.39 is 10.0 Å². The highest BCUT2D eigenvalue weighted by atomic mass is 32.2. The van der Waals surface area contributed by atoms with Gasteiger partial charge in [0.05, 0.1) is 4.90 Å². The van der Waals surface area contributed by atoms with Crippen LogP contribution < -0.4 is 15.4 Å². The van der Waals surface area contributed by atoms with Gasteiger partial charge in [-0.25, -0.2) is 18.4 Å². The first-order valence-corrected chi connectivity index (χ1v) is 10.4. The normalized spacial score (nSPS) is 14.2. The van der Waals surface area contributed by atoms with E-state index in [1.54, 1.807) is 11.9 Å². The number of hydrogen-bond acceptors (Lipinski definition) is 4. The Morgan fingerprint density at radius 2 is 1.74 bits per heavy atom. The third-order valence-corrected chi connectivity index (χ3v) is 5.56. The standard InChI is InChI=1S/C19H24N4O3S/c1-22(14-15-6-2-3-7-18(15)23-12-4-5-13-23)19(24)21-16-8-10-17(11-9-16)27(20,25)26/h2-3,6-11H,4-5,12-14H2,1H3,(H,21,24)(H2,20,25,26). The molecule has 0 aliphatic carbocycles. The van der Waals surface area contributed by atoms with E-state index in [-0.39, 0.29) is 10.9 Å². The first kappa shape index (κ1) is 19.2. The van der Waals surface area contributed by atoms with E-state index in [1.165, 1.54) is 42.8 Å². The van der Waals surface area contributed by atoms with E-state index in [4.69, 9.17) is 5.14 Å². The average Bonchev–Trinajstić information content (AvgIpc) is 3.16. The van der Waals surface area contributed by atoms with E-state index in [9.17, 15) is 13.2 Å². The van der Waals surface area contributed by atoms with E-state index >= 15 is 0 Å². The average molecular weight is 388 g/mol. The number of benzene rings is 2. The summed E-state index contributed by atoms with van der Waals surface area (Å²) in [5.74, 6) is 0. The SMILES string of the molecule is CN(Cc1ccccc1N1CCCC1)C(=O)Nc1ccc(S(N)(=O)=O)cc1. The van der Waals surface area contributed by atoms with Crippen LogP contribution in [0.1, 0.15) is 18.4 Å². The smallest absolute Gasteiger partial charge is 0.321 e. The van der Waals surface area contributed by atoms with Gasteiger partial charge in [-0.2, -0.15) is 0 Å². The first-order valence-electron chi connectivity index (χ1n) is 8.82. The minimum atomic E-state index is -3.75. The Labute approximate surface area is 159 Å². The number of para-hydroxylation sites is 1.